The van der Waals surface area contributed by atoms with E-state index in [9.17, 15) is 9.59 Å². The number of methoxy groups -OCH3 is 1. The van der Waals surface area contributed by atoms with Gasteiger partial charge in [-0.2, -0.15) is 5.10 Å². The van der Waals surface area contributed by atoms with Gasteiger partial charge in [-0.15, -0.1) is 0 Å². The zero-order valence-corrected chi connectivity index (χ0v) is 6.56. The van der Waals surface area contributed by atoms with Crippen LogP contribution in [0.5, 0.6) is 0 Å². The largest absolute Gasteiger partial charge is 0.468 e. The minimum Gasteiger partial charge on any atom is -0.468 e. The molecular weight excluding hydrogens is 160 g/mol. The van der Waals surface area contributed by atoms with Crippen molar-refractivity contribution in [2.24, 2.45) is 0 Å². The summed E-state index contributed by atoms with van der Waals surface area (Å²) < 4.78 is 5.75. The van der Waals surface area contributed by atoms with Crippen molar-refractivity contribution in [2.45, 2.75) is 6.54 Å². The molecule has 0 unspecified atom stereocenters. The Morgan fingerprint density at radius 3 is 3.08 bits per heavy atom. The molecule has 0 aliphatic carbocycles. The Labute approximate surface area is 68.9 Å². The van der Waals surface area contributed by atoms with Gasteiger partial charge in [0.2, 0.25) is 0 Å². The molecule has 0 amide bonds. The lowest BCUT2D eigenvalue weighted by atomic mass is 10.4. The van der Waals surface area contributed by atoms with E-state index < -0.39 is 5.97 Å². The molecule has 0 saturated carbocycles. The molecule has 64 valence electrons. The highest BCUT2D eigenvalue weighted by Gasteiger charge is 2.02. The van der Waals surface area contributed by atoms with Crippen molar-refractivity contribution in [3.63, 3.8) is 0 Å². The van der Waals surface area contributed by atoms with Crippen molar-refractivity contribution in [3.05, 3.63) is 18.0 Å². The summed E-state index contributed by atoms with van der Waals surface area (Å²) in [6.07, 6.45) is 3.53. The van der Waals surface area contributed by atoms with Crippen LogP contribution in [0.1, 0.15) is 10.4 Å². The van der Waals surface area contributed by atoms with Gasteiger partial charge < -0.3 is 4.74 Å². The number of hydrogen-bond donors (Lipinski definition) is 0. The van der Waals surface area contributed by atoms with Crippen molar-refractivity contribution >= 4 is 12.3 Å². The molecule has 0 aliphatic heterocycles. The summed E-state index contributed by atoms with van der Waals surface area (Å²) >= 11 is 0. The monoisotopic (exact) mass is 168 g/mol. The first-order valence-electron chi connectivity index (χ1n) is 3.30. The fraction of sp³-hybridized carbons (Fsp3) is 0.286. The third-order valence-corrected chi connectivity index (χ3v) is 1.31. The van der Waals surface area contributed by atoms with E-state index in [1.54, 1.807) is 0 Å². The zero-order valence-electron chi connectivity index (χ0n) is 6.56. The number of aromatic nitrogens is 2. The van der Waals surface area contributed by atoms with Crippen molar-refractivity contribution in [1.29, 1.82) is 0 Å². The number of nitrogens with zero attached hydrogens (tertiary/aromatic N) is 2. The molecule has 1 heterocycles. The van der Waals surface area contributed by atoms with E-state index >= 15 is 0 Å². The zero-order chi connectivity index (χ0) is 8.97. The average Bonchev–Trinajstić information content (AvgIpc) is 2.52. The van der Waals surface area contributed by atoms with Gasteiger partial charge in [0.05, 0.1) is 18.9 Å². The normalized spacial score (nSPS) is 9.42. The lowest BCUT2D eigenvalue weighted by molar-refractivity contribution is -0.141. The lowest BCUT2D eigenvalue weighted by Gasteiger charge is -1.97. The third-order valence-electron chi connectivity index (χ3n) is 1.31. The van der Waals surface area contributed by atoms with Crippen molar-refractivity contribution < 1.29 is 14.3 Å². The van der Waals surface area contributed by atoms with E-state index in [0.29, 0.717) is 11.8 Å². The summed E-state index contributed by atoms with van der Waals surface area (Å²) in [7, 11) is 1.30. The molecule has 0 aliphatic rings. The van der Waals surface area contributed by atoms with E-state index in [1.807, 2.05) is 0 Å². The number of carbonyl (C=O) groups is 2. The Morgan fingerprint density at radius 2 is 2.58 bits per heavy atom. The van der Waals surface area contributed by atoms with Gasteiger partial charge in [0.25, 0.3) is 0 Å². The second-order valence-electron chi connectivity index (χ2n) is 2.17. The second kappa shape index (κ2) is 3.66. The van der Waals surface area contributed by atoms with Crippen LogP contribution in [0.2, 0.25) is 0 Å². The SMILES string of the molecule is COC(=O)Cn1cc(C=O)cn1. The number of hydrogen-bond acceptors (Lipinski definition) is 4. The van der Waals surface area contributed by atoms with E-state index in [0.717, 1.165) is 0 Å². The molecule has 1 rings (SSSR count). The number of rotatable bonds is 3. The Morgan fingerprint density at radius 1 is 1.83 bits per heavy atom. The molecule has 1 aromatic heterocycles. The Balaban J connectivity index is 2.63. The quantitative estimate of drug-likeness (QED) is 0.466. The molecule has 5 nitrogen and oxygen atoms in total. The predicted octanol–water partition coefficient (Wildman–Crippen LogP) is -0.131. The summed E-state index contributed by atoms with van der Waals surface area (Å²) in [5, 5.41) is 3.76. The highest BCUT2D eigenvalue weighted by Crippen LogP contribution is 1.93. The highest BCUT2D eigenvalue weighted by molar-refractivity contribution is 5.74. The number of ether oxygens (including phenoxy) is 1. The van der Waals surface area contributed by atoms with Gasteiger partial charge >= 0.3 is 5.97 Å². The number of aldehydes is 1. The Hall–Kier alpha value is -1.65. The van der Waals surface area contributed by atoms with Crippen LogP contribution in [-0.2, 0) is 16.1 Å². The van der Waals surface area contributed by atoms with Crippen molar-refractivity contribution in [2.75, 3.05) is 7.11 Å². The van der Waals surface area contributed by atoms with Gasteiger partial charge in [0.1, 0.15) is 6.54 Å². The van der Waals surface area contributed by atoms with E-state index in [-0.39, 0.29) is 6.54 Å². The van der Waals surface area contributed by atoms with Crippen molar-refractivity contribution in [3.8, 4) is 0 Å². The smallest absolute Gasteiger partial charge is 0.327 e. The molecule has 0 saturated heterocycles. The van der Waals surface area contributed by atoms with Crippen LogP contribution in [-0.4, -0.2) is 29.1 Å². The van der Waals surface area contributed by atoms with Gasteiger partial charge in [-0.1, -0.05) is 0 Å². The summed E-state index contributed by atoms with van der Waals surface area (Å²) in [4.78, 5) is 20.9. The van der Waals surface area contributed by atoms with Gasteiger partial charge in [0.15, 0.2) is 6.29 Å². The van der Waals surface area contributed by atoms with Crippen LogP contribution in [0, 0.1) is 0 Å². The molecule has 12 heavy (non-hydrogen) atoms. The van der Waals surface area contributed by atoms with Gasteiger partial charge in [0, 0.05) is 6.20 Å². The number of carbonyl (C=O) groups excluding carboxylic acids is 2. The first-order chi connectivity index (χ1) is 5.76. The molecule has 1 aromatic rings. The van der Waals surface area contributed by atoms with Crippen LogP contribution < -0.4 is 0 Å². The maximum Gasteiger partial charge on any atom is 0.327 e. The maximum absolute atomic E-state index is 10.7. The molecule has 0 fully saturated rings. The molecule has 0 radical (unpaired) electrons. The van der Waals surface area contributed by atoms with Crippen LogP contribution in [0.4, 0.5) is 0 Å². The Kier molecular flexibility index (Phi) is 2.57. The molecule has 0 spiro atoms. The molecular formula is C7H8N2O3. The molecule has 0 bridgehead atoms. The van der Waals surface area contributed by atoms with Gasteiger partial charge in [-0.05, 0) is 0 Å². The standard InChI is InChI=1S/C7H8N2O3/c1-12-7(11)4-9-3-6(5-10)2-8-9/h2-3,5H,4H2,1H3. The molecule has 0 N–H and O–H groups in total. The molecule has 5 heteroatoms. The lowest BCUT2D eigenvalue weighted by Crippen LogP contribution is -2.11. The molecule has 0 aromatic carbocycles. The highest BCUT2D eigenvalue weighted by atomic mass is 16.5. The van der Waals surface area contributed by atoms with Crippen LogP contribution in [0.3, 0.4) is 0 Å². The van der Waals surface area contributed by atoms with Crippen LogP contribution in [0.15, 0.2) is 12.4 Å². The summed E-state index contributed by atoms with van der Waals surface area (Å²) in [5.41, 5.74) is 0.443. The van der Waals surface area contributed by atoms with E-state index in [1.165, 1.54) is 24.2 Å². The van der Waals surface area contributed by atoms with E-state index in [2.05, 4.69) is 9.84 Å². The fourth-order valence-electron chi connectivity index (χ4n) is 0.724. The summed E-state index contributed by atoms with van der Waals surface area (Å²) in [6, 6.07) is 0. The molecule has 0 atom stereocenters. The minimum atomic E-state index is -0.393. The predicted molar refractivity (Wildman–Crippen MR) is 39.6 cm³/mol. The summed E-state index contributed by atoms with van der Waals surface area (Å²) in [6.45, 7) is 0.0321. The third kappa shape index (κ3) is 1.91. The maximum atomic E-state index is 10.7. The van der Waals surface area contributed by atoms with Gasteiger partial charge in [-0.3, -0.25) is 14.3 Å². The average molecular weight is 168 g/mol. The van der Waals surface area contributed by atoms with E-state index in [4.69, 9.17) is 0 Å². The van der Waals surface area contributed by atoms with Crippen LogP contribution >= 0.6 is 0 Å². The fourth-order valence-corrected chi connectivity index (χ4v) is 0.724. The number of esters is 1. The van der Waals surface area contributed by atoms with Crippen LogP contribution in [0.25, 0.3) is 0 Å². The minimum absolute atomic E-state index is 0.0321. The Bertz CT molecular complexity index is 293. The van der Waals surface area contributed by atoms with Crippen molar-refractivity contribution in [1.82, 2.24) is 9.78 Å². The second-order valence-corrected chi connectivity index (χ2v) is 2.17. The summed E-state index contributed by atoms with van der Waals surface area (Å²) in [5.74, 6) is -0.393. The first-order valence-corrected chi connectivity index (χ1v) is 3.30. The topological polar surface area (TPSA) is 61.2 Å². The van der Waals surface area contributed by atoms with Gasteiger partial charge in [-0.25, -0.2) is 0 Å². The first kappa shape index (κ1) is 8.45.